The minimum absolute atomic E-state index is 0.221. The summed E-state index contributed by atoms with van der Waals surface area (Å²) in [6.45, 7) is 0. The molecule has 9 heteroatoms. The van der Waals surface area contributed by atoms with Crippen molar-refractivity contribution < 1.29 is 34.8 Å². The molecule has 4 rings (SSSR count). The molecule has 0 saturated carbocycles. The Morgan fingerprint density at radius 1 is 0.432 bits per heavy atom. The topological polar surface area (TPSA) is 34.1 Å². The Morgan fingerprint density at radius 2 is 0.676 bits per heavy atom. The van der Waals surface area contributed by atoms with Gasteiger partial charge < -0.3 is 0 Å². The molecule has 37 heavy (non-hydrogen) atoms. The average Bonchev–Trinajstić information content (AvgIpc) is 2.84. The first-order valence-electron chi connectivity index (χ1n) is 11.0. The number of hydrogen-bond donors (Lipinski definition) is 0. The Labute approximate surface area is 210 Å². The van der Waals surface area contributed by atoms with E-state index >= 15 is 0 Å². The number of hydrogen-bond acceptors (Lipinski definition) is 2. The lowest BCUT2D eigenvalue weighted by Gasteiger charge is -2.10. The molecule has 0 aliphatic heterocycles. The van der Waals surface area contributed by atoms with Crippen molar-refractivity contribution in [3.05, 3.63) is 119 Å². The zero-order valence-corrected chi connectivity index (χ0v) is 20.0. The minimum Gasteiger partial charge on any atom is -0.228 e. The Hall–Kier alpha value is -3.59. The fourth-order valence-electron chi connectivity index (χ4n) is 3.85. The van der Waals surface area contributed by atoms with Crippen LogP contribution in [0.1, 0.15) is 22.3 Å². The van der Waals surface area contributed by atoms with Crippen LogP contribution in [0.2, 0.25) is 0 Å². The molecular formula is C28H20F6O2S. The molecule has 0 fully saturated rings. The van der Waals surface area contributed by atoms with Crippen molar-refractivity contribution in [1.82, 2.24) is 0 Å². The molecule has 0 unspecified atom stereocenters. The predicted octanol–water partition coefficient (Wildman–Crippen LogP) is 8.17. The summed E-state index contributed by atoms with van der Waals surface area (Å²) in [5.74, 6) is -0.443. The number of halogens is 6. The number of alkyl halides is 6. The maximum Gasteiger partial charge on any atom is 0.416 e. The third kappa shape index (κ3) is 6.80. The van der Waals surface area contributed by atoms with Crippen LogP contribution in [0.5, 0.6) is 0 Å². The molecule has 0 aliphatic carbocycles. The summed E-state index contributed by atoms with van der Waals surface area (Å²) in [6, 6.07) is 22.6. The Balaban J connectivity index is 1.40. The largest absolute Gasteiger partial charge is 0.416 e. The molecule has 2 nitrogen and oxygen atoms in total. The van der Waals surface area contributed by atoms with Gasteiger partial charge in [-0.1, -0.05) is 72.8 Å². The maximum atomic E-state index is 12.7. The number of benzene rings is 4. The highest BCUT2D eigenvalue weighted by Gasteiger charge is 2.30. The van der Waals surface area contributed by atoms with Gasteiger partial charge in [-0.15, -0.1) is 0 Å². The van der Waals surface area contributed by atoms with Crippen LogP contribution in [-0.2, 0) is 33.7 Å². The van der Waals surface area contributed by atoms with Crippen LogP contribution >= 0.6 is 0 Å². The molecule has 192 valence electrons. The van der Waals surface area contributed by atoms with Gasteiger partial charge in [-0.05, 0) is 57.6 Å². The van der Waals surface area contributed by atoms with Crippen molar-refractivity contribution in [2.45, 2.75) is 23.9 Å². The van der Waals surface area contributed by atoms with E-state index in [4.69, 9.17) is 0 Å². The van der Waals surface area contributed by atoms with Gasteiger partial charge in [0.25, 0.3) is 0 Å². The monoisotopic (exact) mass is 534 g/mol. The van der Waals surface area contributed by atoms with E-state index in [1.807, 2.05) is 0 Å². The molecule has 0 heterocycles. The van der Waals surface area contributed by atoms with Crippen molar-refractivity contribution in [3.8, 4) is 22.3 Å². The zero-order valence-electron chi connectivity index (χ0n) is 19.1. The second-order valence-corrected chi connectivity index (χ2v) is 10.6. The molecule has 0 aliphatic rings. The van der Waals surface area contributed by atoms with Crippen LogP contribution in [-0.4, -0.2) is 8.42 Å². The third-order valence-corrected chi connectivity index (χ3v) is 7.32. The lowest BCUT2D eigenvalue weighted by atomic mass is 10.0. The zero-order chi connectivity index (χ0) is 26.8. The van der Waals surface area contributed by atoms with Gasteiger partial charge in [-0.2, -0.15) is 26.3 Å². The van der Waals surface area contributed by atoms with Crippen LogP contribution in [0.3, 0.4) is 0 Å². The molecule has 0 radical (unpaired) electrons. The molecule has 4 aromatic rings. The summed E-state index contributed by atoms with van der Waals surface area (Å²) in [4.78, 5) is 0. The van der Waals surface area contributed by atoms with Crippen molar-refractivity contribution in [3.63, 3.8) is 0 Å². The van der Waals surface area contributed by atoms with Gasteiger partial charge in [-0.3, -0.25) is 0 Å². The van der Waals surface area contributed by atoms with E-state index in [0.29, 0.717) is 33.4 Å². The van der Waals surface area contributed by atoms with E-state index in [0.717, 1.165) is 24.3 Å². The Bertz CT molecular complexity index is 1340. The SMILES string of the molecule is O=S(=O)(Cc1ccc(-c2ccc(C(F)(F)F)cc2)cc1)Cc1ccc(-c2ccc(C(F)(F)F)cc2)cc1. The normalized spacial score (nSPS) is 12.5. The minimum atomic E-state index is -4.42. The smallest absolute Gasteiger partial charge is 0.228 e. The van der Waals surface area contributed by atoms with Gasteiger partial charge in [-0.25, -0.2) is 8.42 Å². The van der Waals surface area contributed by atoms with Crippen LogP contribution in [0, 0.1) is 0 Å². The fourth-order valence-corrected chi connectivity index (χ4v) is 5.35. The summed E-state index contributed by atoms with van der Waals surface area (Å²) in [7, 11) is -3.54. The Kier molecular flexibility index (Phi) is 7.19. The highest BCUT2D eigenvalue weighted by Crippen LogP contribution is 2.32. The first kappa shape index (κ1) is 26.5. The van der Waals surface area contributed by atoms with Crippen LogP contribution in [0.25, 0.3) is 22.3 Å². The van der Waals surface area contributed by atoms with E-state index in [1.54, 1.807) is 48.5 Å². The van der Waals surface area contributed by atoms with Crippen LogP contribution in [0.4, 0.5) is 26.3 Å². The second-order valence-electron chi connectivity index (χ2n) is 8.58. The van der Waals surface area contributed by atoms with Gasteiger partial charge in [0.15, 0.2) is 9.84 Å². The van der Waals surface area contributed by atoms with Gasteiger partial charge in [0, 0.05) is 0 Å². The van der Waals surface area contributed by atoms with Crippen molar-refractivity contribution >= 4 is 9.84 Å². The molecular weight excluding hydrogens is 514 g/mol. The van der Waals surface area contributed by atoms with Crippen LogP contribution < -0.4 is 0 Å². The van der Waals surface area contributed by atoms with Crippen molar-refractivity contribution in [2.24, 2.45) is 0 Å². The second kappa shape index (κ2) is 10.0. The van der Waals surface area contributed by atoms with Crippen molar-refractivity contribution in [1.29, 1.82) is 0 Å². The molecule has 0 bridgehead atoms. The van der Waals surface area contributed by atoms with E-state index < -0.39 is 33.3 Å². The molecule has 0 atom stereocenters. The molecule has 4 aromatic carbocycles. The van der Waals surface area contributed by atoms with E-state index in [9.17, 15) is 34.8 Å². The van der Waals surface area contributed by atoms with E-state index in [-0.39, 0.29) is 11.5 Å². The van der Waals surface area contributed by atoms with Gasteiger partial charge >= 0.3 is 12.4 Å². The van der Waals surface area contributed by atoms with Gasteiger partial charge in [0.05, 0.1) is 22.6 Å². The highest BCUT2D eigenvalue weighted by molar-refractivity contribution is 7.89. The molecule has 0 spiro atoms. The molecule has 0 N–H and O–H groups in total. The molecule has 0 aromatic heterocycles. The molecule has 0 saturated heterocycles. The maximum absolute atomic E-state index is 12.7. The quantitative estimate of drug-likeness (QED) is 0.234. The highest BCUT2D eigenvalue weighted by atomic mass is 32.2. The number of rotatable bonds is 6. The lowest BCUT2D eigenvalue weighted by molar-refractivity contribution is -0.138. The summed E-state index contributed by atoms with van der Waals surface area (Å²) >= 11 is 0. The van der Waals surface area contributed by atoms with E-state index in [2.05, 4.69) is 0 Å². The summed E-state index contributed by atoms with van der Waals surface area (Å²) in [5.41, 5.74) is 2.07. The lowest BCUT2D eigenvalue weighted by Crippen LogP contribution is -2.07. The first-order valence-corrected chi connectivity index (χ1v) is 12.9. The predicted molar refractivity (Wildman–Crippen MR) is 130 cm³/mol. The molecule has 0 amide bonds. The standard InChI is InChI=1S/C28H20F6O2S/c29-27(30,31)25-13-9-23(10-14-25)21-5-1-19(2-6-21)17-37(35,36)18-20-3-7-22(8-4-20)24-11-15-26(16-12-24)28(32,33)34/h1-16H,17-18H2. The van der Waals surface area contributed by atoms with Crippen LogP contribution in [0.15, 0.2) is 97.1 Å². The third-order valence-electron chi connectivity index (χ3n) is 5.77. The Morgan fingerprint density at radius 3 is 0.919 bits per heavy atom. The van der Waals surface area contributed by atoms with E-state index in [1.165, 1.54) is 24.3 Å². The van der Waals surface area contributed by atoms with Gasteiger partial charge in [0.1, 0.15) is 0 Å². The first-order chi connectivity index (χ1) is 17.3. The fraction of sp³-hybridized carbons (Fsp3) is 0.143. The number of sulfone groups is 1. The summed E-state index contributed by atoms with van der Waals surface area (Å²) in [6.07, 6.45) is -8.83. The summed E-state index contributed by atoms with van der Waals surface area (Å²) in [5, 5.41) is 0. The summed E-state index contributed by atoms with van der Waals surface area (Å²) < 4.78 is 102. The van der Waals surface area contributed by atoms with Crippen molar-refractivity contribution in [2.75, 3.05) is 0 Å². The van der Waals surface area contributed by atoms with Gasteiger partial charge in [0.2, 0.25) is 0 Å². The average molecular weight is 535 g/mol.